The summed E-state index contributed by atoms with van der Waals surface area (Å²) in [6.45, 7) is 2.78. The number of methoxy groups -OCH3 is 3. The predicted molar refractivity (Wildman–Crippen MR) is 85.1 cm³/mol. The molecule has 0 spiro atoms. The number of esters is 1. The van der Waals surface area contributed by atoms with Gasteiger partial charge in [0.2, 0.25) is 5.75 Å². The first kappa shape index (κ1) is 18.1. The summed E-state index contributed by atoms with van der Waals surface area (Å²) in [6.07, 6.45) is 5.80. The van der Waals surface area contributed by atoms with Crippen LogP contribution in [0, 0.1) is 0 Å². The molecule has 0 aliphatic rings. The molecule has 5 heteroatoms. The average Bonchev–Trinajstić information content (AvgIpc) is 2.56. The van der Waals surface area contributed by atoms with Crippen molar-refractivity contribution >= 4 is 5.97 Å². The molecule has 0 saturated carbocycles. The monoisotopic (exact) mass is 310 g/mol. The van der Waals surface area contributed by atoms with Gasteiger partial charge in [0.25, 0.3) is 0 Å². The average molecular weight is 310 g/mol. The molecule has 0 atom stereocenters. The summed E-state index contributed by atoms with van der Waals surface area (Å²) in [5, 5.41) is 0. The zero-order valence-corrected chi connectivity index (χ0v) is 13.9. The van der Waals surface area contributed by atoms with Gasteiger partial charge >= 0.3 is 5.97 Å². The number of hydrogen-bond donors (Lipinski definition) is 0. The highest BCUT2D eigenvalue weighted by molar-refractivity contribution is 5.91. The van der Waals surface area contributed by atoms with E-state index in [1.54, 1.807) is 12.1 Å². The van der Waals surface area contributed by atoms with Crippen LogP contribution in [0.3, 0.4) is 0 Å². The van der Waals surface area contributed by atoms with Gasteiger partial charge in [-0.05, 0) is 18.6 Å². The van der Waals surface area contributed by atoms with E-state index in [0.717, 1.165) is 12.8 Å². The van der Waals surface area contributed by atoms with Crippen molar-refractivity contribution in [1.82, 2.24) is 0 Å². The van der Waals surface area contributed by atoms with Gasteiger partial charge < -0.3 is 18.9 Å². The maximum absolute atomic E-state index is 11.6. The van der Waals surface area contributed by atoms with E-state index in [0.29, 0.717) is 29.4 Å². The predicted octanol–water partition coefficient (Wildman–Crippen LogP) is 3.84. The standard InChI is InChI=1S/C17H26O5/c1-5-6-7-8-9-10-22-16-14(19-2)11-13(17(18)21-4)12-15(16)20-3/h11-12H,5-10H2,1-4H3. The second-order valence-electron chi connectivity index (χ2n) is 4.96. The zero-order valence-electron chi connectivity index (χ0n) is 13.9. The highest BCUT2D eigenvalue weighted by Gasteiger charge is 2.17. The first-order valence-corrected chi connectivity index (χ1v) is 7.65. The Morgan fingerprint density at radius 3 is 2.05 bits per heavy atom. The number of unbranched alkanes of at least 4 members (excludes halogenated alkanes) is 4. The smallest absolute Gasteiger partial charge is 0.338 e. The maximum atomic E-state index is 11.6. The molecule has 0 radical (unpaired) electrons. The van der Waals surface area contributed by atoms with E-state index < -0.39 is 5.97 Å². The number of hydrogen-bond acceptors (Lipinski definition) is 5. The third-order valence-corrected chi connectivity index (χ3v) is 3.38. The van der Waals surface area contributed by atoms with E-state index >= 15 is 0 Å². The Morgan fingerprint density at radius 2 is 1.55 bits per heavy atom. The summed E-state index contributed by atoms with van der Waals surface area (Å²) in [5.74, 6) is 1.01. The van der Waals surface area contributed by atoms with Gasteiger partial charge in [-0.1, -0.05) is 32.6 Å². The maximum Gasteiger partial charge on any atom is 0.338 e. The molecular formula is C17H26O5. The molecule has 1 rings (SSSR count). The molecule has 22 heavy (non-hydrogen) atoms. The Labute approximate surface area is 132 Å². The van der Waals surface area contributed by atoms with Crippen molar-refractivity contribution in [3.63, 3.8) is 0 Å². The van der Waals surface area contributed by atoms with Crippen LogP contribution in [0.15, 0.2) is 12.1 Å². The first-order chi connectivity index (χ1) is 10.7. The summed E-state index contributed by atoms with van der Waals surface area (Å²) >= 11 is 0. The van der Waals surface area contributed by atoms with Gasteiger partial charge in [-0.3, -0.25) is 0 Å². The Balaban J connectivity index is 2.77. The molecule has 0 aromatic heterocycles. The molecule has 124 valence electrons. The van der Waals surface area contributed by atoms with E-state index in [1.165, 1.54) is 40.6 Å². The van der Waals surface area contributed by atoms with Crippen molar-refractivity contribution in [3.8, 4) is 17.2 Å². The lowest BCUT2D eigenvalue weighted by molar-refractivity contribution is 0.0599. The number of rotatable bonds is 10. The van der Waals surface area contributed by atoms with E-state index in [1.807, 2.05) is 0 Å². The number of carbonyl (C=O) groups excluding carboxylic acids is 1. The summed E-state index contributed by atoms with van der Waals surface area (Å²) in [6, 6.07) is 3.20. The van der Waals surface area contributed by atoms with Crippen molar-refractivity contribution < 1.29 is 23.7 Å². The van der Waals surface area contributed by atoms with Crippen LogP contribution in [0.5, 0.6) is 17.2 Å². The lowest BCUT2D eigenvalue weighted by Crippen LogP contribution is -2.06. The van der Waals surface area contributed by atoms with E-state index in [4.69, 9.17) is 18.9 Å². The highest BCUT2D eigenvalue weighted by Crippen LogP contribution is 2.38. The molecule has 0 heterocycles. The molecule has 0 saturated heterocycles. The minimum Gasteiger partial charge on any atom is -0.493 e. The molecule has 0 amide bonds. The van der Waals surface area contributed by atoms with Crippen LogP contribution in [0.1, 0.15) is 49.4 Å². The Hall–Kier alpha value is -1.91. The SMILES string of the molecule is CCCCCCCOc1c(OC)cc(C(=O)OC)cc1OC. The normalized spacial score (nSPS) is 10.2. The van der Waals surface area contributed by atoms with Crippen molar-refractivity contribution in [2.45, 2.75) is 39.0 Å². The van der Waals surface area contributed by atoms with E-state index in [9.17, 15) is 4.79 Å². The van der Waals surface area contributed by atoms with Gasteiger partial charge in [0, 0.05) is 0 Å². The first-order valence-electron chi connectivity index (χ1n) is 7.65. The van der Waals surface area contributed by atoms with Gasteiger partial charge in [-0.2, -0.15) is 0 Å². The lowest BCUT2D eigenvalue weighted by Gasteiger charge is -2.15. The molecule has 1 aromatic rings. The van der Waals surface area contributed by atoms with Crippen molar-refractivity contribution in [2.75, 3.05) is 27.9 Å². The molecule has 0 fully saturated rings. The van der Waals surface area contributed by atoms with Crippen molar-refractivity contribution in [3.05, 3.63) is 17.7 Å². The van der Waals surface area contributed by atoms with Crippen LogP contribution in [0.2, 0.25) is 0 Å². The quantitative estimate of drug-likeness (QED) is 0.485. The number of benzene rings is 1. The van der Waals surface area contributed by atoms with Crippen molar-refractivity contribution in [2.24, 2.45) is 0 Å². The molecule has 0 aliphatic carbocycles. The van der Waals surface area contributed by atoms with Crippen LogP contribution >= 0.6 is 0 Å². The highest BCUT2D eigenvalue weighted by atomic mass is 16.5. The third kappa shape index (κ3) is 5.13. The Morgan fingerprint density at radius 1 is 0.955 bits per heavy atom. The zero-order chi connectivity index (χ0) is 16.4. The minimum absolute atomic E-state index is 0.367. The summed E-state index contributed by atoms with van der Waals surface area (Å²) in [7, 11) is 4.40. The topological polar surface area (TPSA) is 54.0 Å². The second kappa shape index (κ2) is 9.92. The summed E-state index contributed by atoms with van der Waals surface area (Å²) < 4.78 is 21.1. The van der Waals surface area contributed by atoms with Crippen LogP contribution in [0.25, 0.3) is 0 Å². The van der Waals surface area contributed by atoms with Gasteiger partial charge in [-0.15, -0.1) is 0 Å². The van der Waals surface area contributed by atoms with Gasteiger partial charge in [0.1, 0.15) is 0 Å². The second-order valence-corrected chi connectivity index (χ2v) is 4.96. The summed E-state index contributed by atoms with van der Waals surface area (Å²) in [4.78, 5) is 11.6. The molecule has 5 nitrogen and oxygen atoms in total. The van der Waals surface area contributed by atoms with Gasteiger partial charge in [0.05, 0.1) is 33.5 Å². The molecule has 1 aromatic carbocycles. The van der Waals surface area contributed by atoms with Gasteiger partial charge in [-0.25, -0.2) is 4.79 Å². The molecule has 0 aliphatic heterocycles. The third-order valence-electron chi connectivity index (χ3n) is 3.38. The number of carbonyl (C=O) groups is 1. The lowest BCUT2D eigenvalue weighted by atomic mass is 10.1. The molecular weight excluding hydrogens is 284 g/mol. The molecule has 0 bridgehead atoms. The minimum atomic E-state index is -0.442. The molecule has 0 unspecified atom stereocenters. The van der Waals surface area contributed by atoms with E-state index in [2.05, 4.69) is 6.92 Å². The van der Waals surface area contributed by atoms with Crippen molar-refractivity contribution in [1.29, 1.82) is 0 Å². The van der Waals surface area contributed by atoms with Crippen LogP contribution in [0.4, 0.5) is 0 Å². The molecule has 0 N–H and O–H groups in total. The fourth-order valence-corrected chi connectivity index (χ4v) is 2.14. The van der Waals surface area contributed by atoms with Crippen LogP contribution in [-0.2, 0) is 4.74 Å². The van der Waals surface area contributed by atoms with Crippen LogP contribution in [-0.4, -0.2) is 33.9 Å². The summed E-state index contributed by atoms with van der Waals surface area (Å²) in [5.41, 5.74) is 0.367. The Kier molecular flexibility index (Phi) is 8.18. The van der Waals surface area contributed by atoms with Crippen LogP contribution < -0.4 is 14.2 Å². The van der Waals surface area contributed by atoms with Gasteiger partial charge in [0.15, 0.2) is 11.5 Å². The largest absolute Gasteiger partial charge is 0.493 e. The van der Waals surface area contributed by atoms with E-state index in [-0.39, 0.29) is 0 Å². The fraction of sp³-hybridized carbons (Fsp3) is 0.588. The fourth-order valence-electron chi connectivity index (χ4n) is 2.14. The number of ether oxygens (including phenoxy) is 4. The Bertz CT molecular complexity index is 445.